The Kier molecular flexibility index (Phi) is 3.16. The summed E-state index contributed by atoms with van der Waals surface area (Å²) in [5.41, 5.74) is 6.58. The van der Waals surface area contributed by atoms with E-state index in [1.165, 1.54) is 0 Å². The molecule has 0 aromatic rings. The Bertz CT molecular complexity index is 401. The first kappa shape index (κ1) is 11.4. The molecule has 0 radical (unpaired) electrons. The highest BCUT2D eigenvalue weighted by Crippen LogP contribution is 2.32. The molecule has 16 heavy (non-hydrogen) atoms. The summed E-state index contributed by atoms with van der Waals surface area (Å²) in [5.74, 6) is -0.747. The Balaban J connectivity index is 2.08. The van der Waals surface area contributed by atoms with Gasteiger partial charge in [-0.1, -0.05) is 34.2 Å². The molecule has 3 atom stereocenters. The van der Waals surface area contributed by atoms with Gasteiger partial charge in [0.2, 0.25) is 0 Å². The molecule has 4 N–H and O–H groups in total. The summed E-state index contributed by atoms with van der Waals surface area (Å²) in [4.78, 5) is 10.7. The molecule has 0 spiro atoms. The first-order valence-electron chi connectivity index (χ1n) is 5.07. The highest BCUT2D eigenvalue weighted by molar-refractivity contribution is 9.11. The fourth-order valence-corrected chi connectivity index (χ4v) is 2.42. The molecule has 5 heteroatoms. The van der Waals surface area contributed by atoms with Crippen molar-refractivity contribution < 1.29 is 9.90 Å². The largest absolute Gasteiger partial charge is 0.480 e. The summed E-state index contributed by atoms with van der Waals surface area (Å²) in [6.45, 7) is 0. The average Bonchev–Trinajstić information content (AvgIpc) is 2.61. The van der Waals surface area contributed by atoms with Crippen LogP contribution in [-0.4, -0.2) is 23.2 Å². The van der Waals surface area contributed by atoms with E-state index < -0.39 is 12.0 Å². The van der Waals surface area contributed by atoms with Gasteiger partial charge in [-0.25, -0.2) is 0 Å². The second kappa shape index (κ2) is 4.43. The van der Waals surface area contributed by atoms with Gasteiger partial charge in [0.05, 0.1) is 6.04 Å². The van der Waals surface area contributed by atoms with E-state index >= 15 is 0 Å². The van der Waals surface area contributed by atoms with Crippen LogP contribution in [0.3, 0.4) is 0 Å². The van der Waals surface area contributed by atoms with Crippen LogP contribution in [0.5, 0.6) is 0 Å². The zero-order chi connectivity index (χ0) is 11.7. The van der Waals surface area contributed by atoms with Crippen molar-refractivity contribution in [2.45, 2.75) is 18.5 Å². The van der Waals surface area contributed by atoms with E-state index in [1.54, 1.807) is 0 Å². The van der Waals surface area contributed by atoms with Crippen LogP contribution in [0.1, 0.15) is 6.42 Å². The summed E-state index contributed by atoms with van der Waals surface area (Å²) < 4.78 is 1.02. The molecular formula is C11H13BrN2O2. The molecule has 1 aliphatic carbocycles. The summed E-state index contributed by atoms with van der Waals surface area (Å²) >= 11 is 3.42. The zero-order valence-corrected chi connectivity index (χ0v) is 10.1. The highest BCUT2D eigenvalue weighted by Gasteiger charge is 2.30. The molecule has 0 fully saturated rings. The van der Waals surface area contributed by atoms with Gasteiger partial charge >= 0.3 is 5.97 Å². The molecule has 4 nitrogen and oxygen atoms in total. The topological polar surface area (TPSA) is 75.3 Å². The normalized spacial score (nSPS) is 28.9. The van der Waals surface area contributed by atoms with Gasteiger partial charge in [-0.05, 0) is 18.2 Å². The zero-order valence-electron chi connectivity index (χ0n) is 8.56. The number of hydrogen-bond donors (Lipinski definition) is 3. The van der Waals surface area contributed by atoms with Crippen LogP contribution in [0, 0.1) is 5.92 Å². The number of rotatable bonds is 3. The lowest BCUT2D eigenvalue weighted by Crippen LogP contribution is -2.32. The van der Waals surface area contributed by atoms with Gasteiger partial charge in [-0.2, -0.15) is 0 Å². The van der Waals surface area contributed by atoms with Gasteiger partial charge in [0.15, 0.2) is 0 Å². The molecule has 1 aliphatic heterocycles. The van der Waals surface area contributed by atoms with Crippen molar-refractivity contribution in [3.8, 4) is 0 Å². The number of carbonyl (C=O) groups is 1. The van der Waals surface area contributed by atoms with E-state index in [1.807, 2.05) is 12.3 Å². The Labute approximate surface area is 102 Å². The predicted molar refractivity (Wildman–Crippen MR) is 64.9 cm³/mol. The van der Waals surface area contributed by atoms with E-state index in [-0.39, 0.29) is 12.0 Å². The Hall–Kier alpha value is -1.07. The predicted octanol–water partition coefficient (Wildman–Crippen LogP) is 1.11. The number of carboxylic acid groups (broad SMARTS) is 1. The van der Waals surface area contributed by atoms with Crippen LogP contribution >= 0.6 is 15.9 Å². The number of nitrogens with two attached hydrogens (primary N) is 1. The molecular weight excluding hydrogens is 272 g/mol. The number of fused-ring (bicyclic) bond motifs is 1. The minimum Gasteiger partial charge on any atom is -0.480 e. The lowest BCUT2D eigenvalue weighted by atomic mass is 9.88. The van der Waals surface area contributed by atoms with Crippen molar-refractivity contribution in [3.05, 3.63) is 34.5 Å². The quantitative estimate of drug-likeness (QED) is 0.726. The lowest BCUT2D eigenvalue weighted by molar-refractivity contribution is -0.138. The molecule has 2 aliphatic rings. The van der Waals surface area contributed by atoms with Crippen LogP contribution in [0.2, 0.25) is 0 Å². The Morgan fingerprint density at radius 3 is 3.12 bits per heavy atom. The summed E-state index contributed by atoms with van der Waals surface area (Å²) in [5, 5.41) is 12.0. The first-order chi connectivity index (χ1) is 7.58. The van der Waals surface area contributed by atoms with Gasteiger partial charge < -0.3 is 16.2 Å². The molecule has 1 heterocycles. The van der Waals surface area contributed by atoms with Gasteiger partial charge in [0.25, 0.3) is 0 Å². The Morgan fingerprint density at radius 2 is 2.44 bits per heavy atom. The van der Waals surface area contributed by atoms with Crippen molar-refractivity contribution in [3.63, 3.8) is 0 Å². The van der Waals surface area contributed by atoms with Crippen molar-refractivity contribution in [2.24, 2.45) is 11.7 Å². The fraction of sp³-hybridized carbons (Fsp3) is 0.364. The maximum atomic E-state index is 10.7. The van der Waals surface area contributed by atoms with Crippen LogP contribution in [-0.2, 0) is 4.79 Å². The first-order valence-corrected chi connectivity index (χ1v) is 5.86. The number of carboxylic acids is 1. The van der Waals surface area contributed by atoms with Crippen LogP contribution < -0.4 is 11.1 Å². The van der Waals surface area contributed by atoms with Gasteiger partial charge in [-0.3, -0.25) is 4.79 Å². The maximum Gasteiger partial charge on any atom is 0.320 e. The van der Waals surface area contributed by atoms with Crippen LogP contribution in [0.15, 0.2) is 34.5 Å². The van der Waals surface area contributed by atoms with E-state index in [2.05, 4.69) is 33.4 Å². The molecule has 0 aromatic heterocycles. The molecule has 2 rings (SSSR count). The van der Waals surface area contributed by atoms with Gasteiger partial charge in [-0.15, -0.1) is 0 Å². The Morgan fingerprint density at radius 1 is 1.69 bits per heavy atom. The molecule has 3 unspecified atom stereocenters. The van der Waals surface area contributed by atoms with Crippen LogP contribution in [0.4, 0.5) is 0 Å². The third kappa shape index (κ3) is 2.20. The number of nitrogens with one attached hydrogen (secondary N) is 1. The third-order valence-electron chi connectivity index (χ3n) is 2.85. The SMILES string of the molecule is NC(CC1=CNC2C=CC(Br)=CC12)C(=O)O. The molecule has 0 saturated heterocycles. The lowest BCUT2D eigenvalue weighted by Gasteiger charge is -2.21. The van der Waals surface area contributed by atoms with E-state index in [0.717, 1.165) is 10.1 Å². The number of halogens is 1. The van der Waals surface area contributed by atoms with Crippen molar-refractivity contribution in [1.29, 1.82) is 0 Å². The second-order valence-electron chi connectivity index (χ2n) is 4.00. The third-order valence-corrected chi connectivity index (χ3v) is 3.38. The van der Waals surface area contributed by atoms with Crippen molar-refractivity contribution in [1.82, 2.24) is 5.32 Å². The monoisotopic (exact) mass is 284 g/mol. The molecule has 0 amide bonds. The molecule has 0 bridgehead atoms. The standard InChI is InChI=1S/C11H13BrN2O2/c12-7-1-2-10-8(4-7)6(5-14-10)3-9(13)11(15)16/h1-2,4-5,8-10,14H,3,13H2,(H,15,16). The van der Waals surface area contributed by atoms with E-state index in [9.17, 15) is 4.79 Å². The number of hydrogen-bond acceptors (Lipinski definition) is 3. The second-order valence-corrected chi connectivity index (χ2v) is 4.91. The van der Waals surface area contributed by atoms with Gasteiger partial charge in [0.1, 0.15) is 6.04 Å². The van der Waals surface area contributed by atoms with Crippen LogP contribution in [0.25, 0.3) is 0 Å². The molecule has 0 aromatic carbocycles. The van der Waals surface area contributed by atoms with E-state index in [0.29, 0.717) is 6.42 Å². The summed E-state index contributed by atoms with van der Waals surface area (Å²) in [6, 6.07) is -0.595. The number of allylic oxidation sites excluding steroid dienone is 2. The van der Waals surface area contributed by atoms with E-state index in [4.69, 9.17) is 10.8 Å². The summed E-state index contributed by atoms with van der Waals surface area (Å²) in [6.07, 6.45) is 8.39. The molecule has 86 valence electrons. The minimum absolute atomic E-state index is 0.213. The fourth-order valence-electron chi connectivity index (χ4n) is 1.98. The molecule has 0 saturated carbocycles. The summed E-state index contributed by atoms with van der Waals surface area (Å²) in [7, 11) is 0. The van der Waals surface area contributed by atoms with Crippen molar-refractivity contribution >= 4 is 21.9 Å². The van der Waals surface area contributed by atoms with Gasteiger partial charge in [0, 0.05) is 10.4 Å². The number of aliphatic carboxylic acids is 1. The van der Waals surface area contributed by atoms with Crippen molar-refractivity contribution in [2.75, 3.05) is 0 Å². The minimum atomic E-state index is -0.959. The maximum absolute atomic E-state index is 10.7. The highest BCUT2D eigenvalue weighted by atomic mass is 79.9. The average molecular weight is 285 g/mol. The smallest absolute Gasteiger partial charge is 0.320 e.